The third-order valence-electron chi connectivity index (χ3n) is 2.66. The van der Waals surface area contributed by atoms with Crippen LogP contribution in [0.1, 0.15) is 46.0 Å². The third-order valence-corrected chi connectivity index (χ3v) is 2.66. The minimum absolute atomic E-state index is 0.0136. The summed E-state index contributed by atoms with van der Waals surface area (Å²) in [6, 6.07) is -0.764. The van der Waals surface area contributed by atoms with Gasteiger partial charge in [-0.2, -0.15) is 0 Å². The van der Waals surface area contributed by atoms with Gasteiger partial charge in [-0.1, -0.05) is 19.8 Å². The van der Waals surface area contributed by atoms with Gasteiger partial charge in [0.1, 0.15) is 6.04 Å². The van der Waals surface area contributed by atoms with Gasteiger partial charge in [-0.05, 0) is 19.8 Å². The minimum atomic E-state index is -0.966. The number of carboxylic acid groups (broad SMARTS) is 1. The molecule has 5 heteroatoms. The fourth-order valence-corrected chi connectivity index (χ4v) is 1.38. The van der Waals surface area contributed by atoms with Gasteiger partial charge in [0, 0.05) is 13.5 Å². The molecule has 0 fully saturated rings. The zero-order valence-corrected chi connectivity index (χ0v) is 10.9. The van der Waals surface area contributed by atoms with Gasteiger partial charge in [-0.15, -0.1) is 0 Å². The van der Waals surface area contributed by atoms with E-state index in [1.54, 1.807) is 7.11 Å². The fraction of sp³-hybridized carbons (Fsp3) is 0.833. The van der Waals surface area contributed by atoms with Crippen molar-refractivity contribution in [2.45, 2.75) is 58.1 Å². The largest absolute Gasteiger partial charge is 0.480 e. The van der Waals surface area contributed by atoms with Crippen LogP contribution in [0.5, 0.6) is 0 Å². The molecule has 0 radical (unpaired) electrons. The lowest BCUT2D eigenvalue weighted by molar-refractivity contribution is -0.142. The number of carbonyl (C=O) groups excluding carboxylic acids is 1. The molecule has 1 amide bonds. The van der Waals surface area contributed by atoms with Crippen LogP contribution in [0.25, 0.3) is 0 Å². The van der Waals surface area contributed by atoms with Crippen LogP contribution in [0.2, 0.25) is 0 Å². The maximum atomic E-state index is 11.5. The molecule has 5 nitrogen and oxygen atoms in total. The summed E-state index contributed by atoms with van der Waals surface area (Å²) in [7, 11) is 1.59. The van der Waals surface area contributed by atoms with Crippen molar-refractivity contribution >= 4 is 11.9 Å². The maximum Gasteiger partial charge on any atom is 0.326 e. The van der Waals surface area contributed by atoms with E-state index in [0.717, 1.165) is 12.8 Å². The van der Waals surface area contributed by atoms with E-state index in [1.165, 1.54) is 0 Å². The second-order valence-corrected chi connectivity index (χ2v) is 4.19. The number of carboxylic acids is 1. The lowest BCUT2D eigenvalue weighted by Gasteiger charge is -2.15. The van der Waals surface area contributed by atoms with Gasteiger partial charge in [0.25, 0.3) is 0 Å². The molecule has 0 heterocycles. The molecule has 17 heavy (non-hydrogen) atoms. The molecule has 0 aliphatic rings. The minimum Gasteiger partial charge on any atom is -0.480 e. The molecule has 0 rings (SSSR count). The molecule has 0 aliphatic carbocycles. The van der Waals surface area contributed by atoms with Crippen LogP contribution in [0.4, 0.5) is 0 Å². The molecule has 0 spiro atoms. The van der Waals surface area contributed by atoms with E-state index in [1.807, 2.05) is 13.8 Å². The predicted molar refractivity (Wildman–Crippen MR) is 64.8 cm³/mol. The lowest BCUT2D eigenvalue weighted by atomic mass is 10.1. The van der Waals surface area contributed by atoms with Crippen molar-refractivity contribution in [3.8, 4) is 0 Å². The Morgan fingerprint density at radius 1 is 1.35 bits per heavy atom. The molecule has 0 aromatic rings. The third kappa shape index (κ3) is 7.74. The molecule has 0 saturated carbocycles. The number of hydrogen-bond acceptors (Lipinski definition) is 3. The SMILES string of the molecule is CCCC[C@H](NC(=O)CCC(C)OC)C(=O)O. The van der Waals surface area contributed by atoms with Crippen molar-refractivity contribution in [3.63, 3.8) is 0 Å². The molecule has 2 N–H and O–H groups in total. The predicted octanol–water partition coefficient (Wildman–Crippen LogP) is 1.56. The van der Waals surface area contributed by atoms with Crippen LogP contribution < -0.4 is 5.32 Å². The number of methoxy groups -OCH3 is 1. The van der Waals surface area contributed by atoms with Crippen molar-refractivity contribution in [3.05, 3.63) is 0 Å². The van der Waals surface area contributed by atoms with E-state index in [-0.39, 0.29) is 12.0 Å². The summed E-state index contributed by atoms with van der Waals surface area (Å²) in [6.07, 6.45) is 3.11. The monoisotopic (exact) mass is 245 g/mol. The Kier molecular flexibility index (Phi) is 8.40. The van der Waals surface area contributed by atoms with Crippen molar-refractivity contribution in [1.29, 1.82) is 0 Å². The Morgan fingerprint density at radius 3 is 2.47 bits per heavy atom. The second kappa shape index (κ2) is 8.98. The summed E-state index contributed by atoms with van der Waals surface area (Å²) in [4.78, 5) is 22.4. The van der Waals surface area contributed by atoms with E-state index in [9.17, 15) is 9.59 Å². The number of nitrogens with one attached hydrogen (secondary N) is 1. The molecular weight excluding hydrogens is 222 g/mol. The highest BCUT2D eigenvalue weighted by atomic mass is 16.5. The molecule has 0 aromatic heterocycles. The van der Waals surface area contributed by atoms with Crippen molar-refractivity contribution in [2.24, 2.45) is 0 Å². The number of rotatable bonds is 9. The van der Waals surface area contributed by atoms with Crippen LogP contribution in [0, 0.1) is 0 Å². The van der Waals surface area contributed by atoms with Gasteiger partial charge in [0.15, 0.2) is 0 Å². The number of hydrogen-bond donors (Lipinski definition) is 2. The summed E-state index contributed by atoms with van der Waals surface area (Å²) < 4.78 is 5.02. The van der Waals surface area contributed by atoms with Gasteiger partial charge in [0.05, 0.1) is 6.10 Å². The van der Waals surface area contributed by atoms with Gasteiger partial charge in [-0.3, -0.25) is 4.79 Å². The Labute approximate surface area is 103 Å². The number of aliphatic carboxylic acids is 1. The maximum absolute atomic E-state index is 11.5. The van der Waals surface area contributed by atoms with Crippen LogP contribution in [0.3, 0.4) is 0 Å². The average molecular weight is 245 g/mol. The first-order chi connectivity index (χ1) is 8.01. The topological polar surface area (TPSA) is 75.6 Å². The molecule has 0 bridgehead atoms. The van der Waals surface area contributed by atoms with Crippen LogP contribution >= 0.6 is 0 Å². The molecule has 0 aliphatic heterocycles. The highest BCUT2D eigenvalue weighted by Gasteiger charge is 2.19. The summed E-state index contributed by atoms with van der Waals surface area (Å²) in [6.45, 7) is 3.86. The van der Waals surface area contributed by atoms with E-state index >= 15 is 0 Å². The molecule has 1 unspecified atom stereocenters. The Morgan fingerprint density at radius 2 is 2.00 bits per heavy atom. The standard InChI is InChI=1S/C12H23NO4/c1-4-5-6-10(12(15)16)13-11(14)8-7-9(2)17-3/h9-10H,4-8H2,1-3H3,(H,13,14)(H,15,16)/t9?,10-/m0/s1. The first kappa shape index (κ1) is 15.9. The molecule has 100 valence electrons. The first-order valence-electron chi connectivity index (χ1n) is 6.06. The summed E-state index contributed by atoms with van der Waals surface area (Å²) in [5, 5.41) is 11.5. The lowest BCUT2D eigenvalue weighted by Crippen LogP contribution is -2.40. The zero-order chi connectivity index (χ0) is 13.3. The normalized spacial score (nSPS) is 14.1. The van der Waals surface area contributed by atoms with Gasteiger partial charge in [-0.25, -0.2) is 4.79 Å². The highest BCUT2D eigenvalue weighted by molar-refractivity contribution is 5.83. The Balaban J connectivity index is 3.99. The Bertz CT molecular complexity index is 243. The highest BCUT2D eigenvalue weighted by Crippen LogP contribution is 2.04. The molecular formula is C12H23NO4. The van der Waals surface area contributed by atoms with E-state index in [4.69, 9.17) is 9.84 Å². The van der Waals surface area contributed by atoms with Crippen molar-refractivity contribution in [1.82, 2.24) is 5.32 Å². The fourth-order valence-electron chi connectivity index (χ4n) is 1.38. The van der Waals surface area contributed by atoms with E-state index < -0.39 is 12.0 Å². The smallest absolute Gasteiger partial charge is 0.326 e. The van der Waals surface area contributed by atoms with E-state index in [0.29, 0.717) is 19.3 Å². The molecule has 0 saturated heterocycles. The average Bonchev–Trinajstić information content (AvgIpc) is 2.30. The Hall–Kier alpha value is -1.10. The quantitative estimate of drug-likeness (QED) is 0.646. The number of amides is 1. The number of ether oxygens (including phenoxy) is 1. The van der Waals surface area contributed by atoms with Crippen molar-refractivity contribution < 1.29 is 19.4 Å². The number of unbranched alkanes of at least 4 members (excludes halogenated alkanes) is 1. The van der Waals surface area contributed by atoms with Crippen LogP contribution in [-0.4, -0.2) is 36.2 Å². The zero-order valence-electron chi connectivity index (χ0n) is 10.9. The first-order valence-corrected chi connectivity index (χ1v) is 6.06. The van der Waals surface area contributed by atoms with Gasteiger partial charge in [0.2, 0.25) is 5.91 Å². The summed E-state index contributed by atoms with van der Waals surface area (Å²) in [5.74, 6) is -1.19. The van der Waals surface area contributed by atoms with Gasteiger partial charge >= 0.3 is 5.97 Å². The van der Waals surface area contributed by atoms with Crippen LogP contribution in [-0.2, 0) is 14.3 Å². The van der Waals surface area contributed by atoms with E-state index in [2.05, 4.69) is 5.32 Å². The summed E-state index contributed by atoms with van der Waals surface area (Å²) >= 11 is 0. The molecule has 0 aromatic carbocycles. The second-order valence-electron chi connectivity index (χ2n) is 4.19. The van der Waals surface area contributed by atoms with Gasteiger partial charge < -0.3 is 15.2 Å². The van der Waals surface area contributed by atoms with Crippen LogP contribution in [0.15, 0.2) is 0 Å². The number of carbonyl (C=O) groups is 2. The molecule has 2 atom stereocenters. The van der Waals surface area contributed by atoms with Crippen molar-refractivity contribution in [2.75, 3.05) is 7.11 Å². The summed E-state index contributed by atoms with van der Waals surface area (Å²) in [5.41, 5.74) is 0.